The average Bonchev–Trinajstić information content (AvgIpc) is 3.24. The molecule has 0 radical (unpaired) electrons. The van der Waals surface area contributed by atoms with Crippen molar-refractivity contribution in [2.45, 2.75) is 57.6 Å². The first-order chi connectivity index (χ1) is 15.6. The number of alkyl carbamates (subject to hydrolysis) is 1. The van der Waals surface area contributed by atoms with Crippen LogP contribution in [0.25, 0.3) is 0 Å². The summed E-state index contributed by atoms with van der Waals surface area (Å²) in [7, 11) is 0. The molecule has 1 spiro atoms. The lowest BCUT2D eigenvalue weighted by atomic mass is 9.92. The number of aryl methyl sites for hydroxylation is 1. The van der Waals surface area contributed by atoms with Gasteiger partial charge in [-0.25, -0.2) is 9.59 Å². The van der Waals surface area contributed by atoms with Gasteiger partial charge in [0.1, 0.15) is 17.7 Å². The molecule has 0 bridgehead atoms. The summed E-state index contributed by atoms with van der Waals surface area (Å²) in [6.45, 7) is 6.73. The van der Waals surface area contributed by atoms with Crippen LogP contribution in [-0.2, 0) is 26.3 Å². The molecule has 9 nitrogen and oxygen atoms in total. The van der Waals surface area contributed by atoms with Crippen molar-refractivity contribution < 1.29 is 23.9 Å². The van der Waals surface area contributed by atoms with E-state index in [-0.39, 0.29) is 24.3 Å². The first-order valence-electron chi connectivity index (χ1n) is 11.6. The molecule has 3 aliphatic rings. The fourth-order valence-electron chi connectivity index (χ4n) is 4.90. The summed E-state index contributed by atoms with van der Waals surface area (Å²) < 4.78 is 5.25. The molecule has 0 saturated carbocycles. The molecular weight excluding hydrogens is 424 g/mol. The van der Waals surface area contributed by atoms with Crippen molar-refractivity contribution in [1.29, 1.82) is 0 Å². The van der Waals surface area contributed by atoms with Crippen molar-refractivity contribution in [2.75, 3.05) is 26.2 Å². The Kier molecular flexibility index (Phi) is 6.07. The maximum absolute atomic E-state index is 13.2. The highest BCUT2D eigenvalue weighted by atomic mass is 16.6. The van der Waals surface area contributed by atoms with Crippen LogP contribution >= 0.6 is 0 Å². The largest absolute Gasteiger partial charge is 0.444 e. The summed E-state index contributed by atoms with van der Waals surface area (Å²) in [6.07, 6.45) is 2.26. The molecule has 1 unspecified atom stereocenters. The number of benzene rings is 1. The molecule has 0 aromatic heterocycles. The highest BCUT2D eigenvalue weighted by Crippen LogP contribution is 2.41. The predicted molar refractivity (Wildman–Crippen MR) is 120 cm³/mol. The Hall–Kier alpha value is -3.10. The van der Waals surface area contributed by atoms with Crippen molar-refractivity contribution in [1.82, 2.24) is 20.4 Å². The number of nitrogens with zero attached hydrogens (tertiary/aromatic N) is 2. The monoisotopic (exact) mass is 456 g/mol. The van der Waals surface area contributed by atoms with Crippen LogP contribution in [0.5, 0.6) is 0 Å². The number of ether oxygens (including phenoxy) is 1. The molecule has 33 heavy (non-hydrogen) atoms. The number of carbonyl (C=O) groups is 4. The van der Waals surface area contributed by atoms with Gasteiger partial charge in [-0.1, -0.05) is 24.3 Å². The second kappa shape index (κ2) is 8.68. The number of piperidine rings is 1. The molecule has 2 fully saturated rings. The Morgan fingerprint density at radius 2 is 1.88 bits per heavy atom. The van der Waals surface area contributed by atoms with Gasteiger partial charge in [0.25, 0.3) is 5.91 Å². The van der Waals surface area contributed by atoms with Gasteiger partial charge < -0.3 is 20.3 Å². The van der Waals surface area contributed by atoms with Crippen LogP contribution in [0.3, 0.4) is 0 Å². The standard InChI is InChI=1S/C24H32N4O5/c1-23(2,3)33-22(32)25-14-16-9-12-27(13-10-16)19(29)15-28-20(30)24(26-21(28)31)11-8-17-6-4-5-7-18(17)24/h4-7,16H,8-15H2,1-3H3,(H,25,32)(H,26,31). The maximum Gasteiger partial charge on any atom is 0.407 e. The zero-order valence-electron chi connectivity index (χ0n) is 19.5. The molecule has 9 heteroatoms. The van der Waals surface area contributed by atoms with Crippen LogP contribution in [-0.4, -0.2) is 65.5 Å². The van der Waals surface area contributed by atoms with Gasteiger partial charge in [-0.05, 0) is 63.5 Å². The summed E-state index contributed by atoms with van der Waals surface area (Å²) in [5, 5.41) is 5.65. The molecule has 178 valence electrons. The number of nitrogens with one attached hydrogen (secondary N) is 2. The van der Waals surface area contributed by atoms with E-state index in [1.54, 1.807) is 4.90 Å². The van der Waals surface area contributed by atoms with Gasteiger partial charge in [0, 0.05) is 19.6 Å². The third kappa shape index (κ3) is 4.67. The zero-order valence-corrected chi connectivity index (χ0v) is 19.5. The Morgan fingerprint density at radius 1 is 1.18 bits per heavy atom. The minimum absolute atomic E-state index is 0.236. The van der Waals surface area contributed by atoms with Gasteiger partial charge in [0.05, 0.1) is 0 Å². The van der Waals surface area contributed by atoms with Gasteiger partial charge in [-0.15, -0.1) is 0 Å². The van der Waals surface area contributed by atoms with Gasteiger partial charge in [-0.2, -0.15) is 0 Å². The molecule has 2 heterocycles. The molecule has 1 aromatic rings. The number of hydrogen-bond acceptors (Lipinski definition) is 5. The Morgan fingerprint density at radius 3 is 2.58 bits per heavy atom. The van der Waals surface area contributed by atoms with Crippen molar-refractivity contribution >= 4 is 23.9 Å². The summed E-state index contributed by atoms with van der Waals surface area (Å²) >= 11 is 0. The van der Waals surface area contributed by atoms with Crippen molar-refractivity contribution in [3.63, 3.8) is 0 Å². The summed E-state index contributed by atoms with van der Waals surface area (Å²) in [6, 6.07) is 7.12. The number of rotatable bonds is 4. The summed E-state index contributed by atoms with van der Waals surface area (Å²) in [5.74, 6) is -0.334. The number of urea groups is 1. The SMILES string of the molecule is CC(C)(C)OC(=O)NCC1CCN(C(=O)CN2C(=O)NC3(CCc4ccccc43)C2=O)CC1. The topological polar surface area (TPSA) is 108 Å². The molecule has 1 aliphatic carbocycles. The number of carbonyl (C=O) groups excluding carboxylic acids is 4. The molecule has 2 aliphatic heterocycles. The van der Waals surface area contributed by atoms with E-state index in [2.05, 4.69) is 10.6 Å². The van der Waals surface area contributed by atoms with Crippen LogP contribution in [0.4, 0.5) is 9.59 Å². The second-order valence-corrected chi connectivity index (χ2v) is 10.1. The van der Waals surface area contributed by atoms with E-state index in [9.17, 15) is 19.2 Å². The Bertz CT molecular complexity index is 964. The average molecular weight is 457 g/mol. The van der Waals surface area contributed by atoms with Gasteiger partial charge in [0.2, 0.25) is 5.91 Å². The quantitative estimate of drug-likeness (QED) is 0.675. The van der Waals surface area contributed by atoms with Crippen molar-refractivity contribution in [3.05, 3.63) is 35.4 Å². The molecule has 4 rings (SSSR count). The summed E-state index contributed by atoms with van der Waals surface area (Å²) in [5.41, 5.74) is 0.296. The van der Waals surface area contributed by atoms with Crippen LogP contribution in [0.2, 0.25) is 0 Å². The van der Waals surface area contributed by atoms with E-state index < -0.39 is 23.3 Å². The molecule has 1 aromatic carbocycles. The van der Waals surface area contributed by atoms with Crippen LogP contribution in [0.1, 0.15) is 51.2 Å². The van der Waals surface area contributed by atoms with E-state index in [4.69, 9.17) is 4.74 Å². The molecule has 1 atom stereocenters. The van der Waals surface area contributed by atoms with E-state index in [0.717, 1.165) is 35.3 Å². The number of likely N-dealkylation sites (tertiary alicyclic amines) is 1. The first-order valence-corrected chi connectivity index (χ1v) is 11.6. The van der Waals surface area contributed by atoms with E-state index in [0.29, 0.717) is 26.1 Å². The van der Waals surface area contributed by atoms with Crippen LogP contribution in [0, 0.1) is 5.92 Å². The zero-order chi connectivity index (χ0) is 23.8. The highest BCUT2D eigenvalue weighted by Gasteiger charge is 2.55. The van der Waals surface area contributed by atoms with Gasteiger partial charge >= 0.3 is 12.1 Å². The smallest absolute Gasteiger partial charge is 0.407 e. The van der Waals surface area contributed by atoms with Gasteiger partial charge in [-0.3, -0.25) is 14.5 Å². The van der Waals surface area contributed by atoms with Crippen molar-refractivity contribution in [2.24, 2.45) is 5.92 Å². The van der Waals surface area contributed by atoms with Gasteiger partial charge in [0.15, 0.2) is 0 Å². The molecule has 2 N–H and O–H groups in total. The lowest BCUT2D eigenvalue weighted by molar-refractivity contribution is -0.140. The minimum Gasteiger partial charge on any atom is -0.444 e. The molecule has 5 amide bonds. The Balaban J connectivity index is 1.29. The second-order valence-electron chi connectivity index (χ2n) is 10.1. The number of imide groups is 1. The highest BCUT2D eigenvalue weighted by molar-refractivity contribution is 6.09. The third-order valence-electron chi connectivity index (χ3n) is 6.62. The van der Waals surface area contributed by atoms with E-state index >= 15 is 0 Å². The lowest BCUT2D eigenvalue weighted by Crippen LogP contribution is -2.47. The first kappa shape index (κ1) is 23.1. The number of fused-ring (bicyclic) bond motifs is 2. The van der Waals surface area contributed by atoms with E-state index in [1.807, 2.05) is 45.0 Å². The minimum atomic E-state index is -1.05. The number of hydrogen-bond donors (Lipinski definition) is 2. The fourth-order valence-corrected chi connectivity index (χ4v) is 4.90. The van der Waals surface area contributed by atoms with E-state index in [1.165, 1.54) is 0 Å². The van der Waals surface area contributed by atoms with Crippen LogP contribution < -0.4 is 10.6 Å². The molecule has 2 saturated heterocycles. The lowest BCUT2D eigenvalue weighted by Gasteiger charge is -2.33. The summed E-state index contributed by atoms with van der Waals surface area (Å²) in [4.78, 5) is 53.4. The normalized spacial score (nSPS) is 23.0. The predicted octanol–water partition coefficient (Wildman–Crippen LogP) is 2.14. The molecular formula is C24H32N4O5. The fraction of sp³-hybridized carbons (Fsp3) is 0.583. The van der Waals surface area contributed by atoms with Crippen LogP contribution in [0.15, 0.2) is 24.3 Å². The Labute approximate surface area is 193 Å². The maximum atomic E-state index is 13.2. The number of amides is 5. The third-order valence-corrected chi connectivity index (χ3v) is 6.62. The van der Waals surface area contributed by atoms with Crippen molar-refractivity contribution in [3.8, 4) is 0 Å².